The standard InChI is InChI=1S/C15H23NO2S/c1-4-5-6-11-15(3)12-16(15)19(17,18)14-9-7-13(2)8-10-14/h7-10H,4-6,11-12H2,1-3H3/t15-,16?/m1/s1. The van der Waals surface area contributed by atoms with E-state index in [0.29, 0.717) is 11.4 Å². The maximum Gasteiger partial charge on any atom is 0.243 e. The number of hydrogen-bond acceptors (Lipinski definition) is 2. The second-order valence-electron chi connectivity index (χ2n) is 5.78. The average Bonchev–Trinajstić information content (AvgIpc) is 3.04. The lowest BCUT2D eigenvalue weighted by Gasteiger charge is -2.13. The van der Waals surface area contributed by atoms with E-state index in [2.05, 4.69) is 13.8 Å². The lowest BCUT2D eigenvalue weighted by atomic mass is 10.0. The normalized spacial score (nSPS) is 26.4. The minimum atomic E-state index is -3.29. The van der Waals surface area contributed by atoms with Gasteiger partial charge in [0.05, 0.1) is 4.90 Å². The van der Waals surface area contributed by atoms with Crippen LogP contribution < -0.4 is 0 Å². The van der Waals surface area contributed by atoms with Gasteiger partial charge in [-0.1, -0.05) is 43.9 Å². The van der Waals surface area contributed by atoms with E-state index in [0.717, 1.165) is 18.4 Å². The fraction of sp³-hybridized carbons (Fsp3) is 0.600. The van der Waals surface area contributed by atoms with Crippen LogP contribution in [-0.2, 0) is 10.0 Å². The van der Waals surface area contributed by atoms with Gasteiger partial charge in [-0.3, -0.25) is 0 Å². The van der Waals surface area contributed by atoms with Gasteiger partial charge in [-0.05, 0) is 32.4 Å². The van der Waals surface area contributed by atoms with E-state index in [4.69, 9.17) is 0 Å². The maximum absolute atomic E-state index is 12.5. The summed E-state index contributed by atoms with van der Waals surface area (Å²) in [6.45, 7) is 6.83. The Bertz CT molecular complexity index is 536. The largest absolute Gasteiger partial charge is 0.243 e. The molecule has 0 N–H and O–H groups in total. The molecular weight excluding hydrogens is 258 g/mol. The summed E-state index contributed by atoms with van der Waals surface area (Å²) in [7, 11) is -3.29. The van der Waals surface area contributed by atoms with E-state index in [1.807, 2.05) is 19.1 Å². The first-order chi connectivity index (χ1) is 8.90. The molecule has 1 unspecified atom stereocenters. The van der Waals surface area contributed by atoms with E-state index in [1.165, 1.54) is 12.8 Å². The van der Waals surface area contributed by atoms with Gasteiger partial charge in [-0.15, -0.1) is 0 Å². The summed E-state index contributed by atoms with van der Waals surface area (Å²) in [5.41, 5.74) is 0.925. The molecule has 2 rings (SSSR count). The van der Waals surface area contributed by atoms with E-state index in [1.54, 1.807) is 16.4 Å². The molecule has 1 aromatic rings. The van der Waals surface area contributed by atoms with Gasteiger partial charge in [0.25, 0.3) is 0 Å². The van der Waals surface area contributed by atoms with Gasteiger partial charge in [-0.25, -0.2) is 8.42 Å². The smallest absolute Gasteiger partial charge is 0.207 e. The molecule has 1 aliphatic heterocycles. The van der Waals surface area contributed by atoms with Crippen LogP contribution in [-0.4, -0.2) is 24.8 Å². The summed E-state index contributed by atoms with van der Waals surface area (Å²) < 4.78 is 26.6. The molecule has 1 saturated heterocycles. The average molecular weight is 281 g/mol. The molecule has 106 valence electrons. The Labute approximate surface area is 116 Å². The molecule has 0 aliphatic carbocycles. The molecule has 19 heavy (non-hydrogen) atoms. The minimum absolute atomic E-state index is 0.154. The van der Waals surface area contributed by atoms with E-state index in [9.17, 15) is 8.42 Å². The van der Waals surface area contributed by atoms with Crippen LogP contribution in [0, 0.1) is 6.92 Å². The predicted octanol–water partition coefficient (Wildman–Crippen LogP) is 3.34. The zero-order valence-electron chi connectivity index (χ0n) is 12.0. The van der Waals surface area contributed by atoms with Gasteiger partial charge in [-0.2, -0.15) is 4.31 Å². The molecule has 0 bridgehead atoms. The van der Waals surface area contributed by atoms with Gasteiger partial charge in [0.15, 0.2) is 0 Å². The molecular formula is C15H23NO2S. The van der Waals surface area contributed by atoms with Gasteiger partial charge in [0.1, 0.15) is 0 Å². The number of aryl methyl sites for hydroxylation is 1. The van der Waals surface area contributed by atoms with Crippen molar-refractivity contribution in [3.8, 4) is 0 Å². The monoisotopic (exact) mass is 281 g/mol. The summed E-state index contributed by atoms with van der Waals surface area (Å²) in [6, 6.07) is 7.11. The topological polar surface area (TPSA) is 37.1 Å². The third-order valence-corrected chi connectivity index (χ3v) is 5.93. The third kappa shape index (κ3) is 3.00. The zero-order chi connectivity index (χ0) is 14.1. The summed E-state index contributed by atoms with van der Waals surface area (Å²) in [4.78, 5) is 0.414. The van der Waals surface area contributed by atoms with Gasteiger partial charge < -0.3 is 0 Å². The van der Waals surface area contributed by atoms with Crippen LogP contribution in [0.3, 0.4) is 0 Å². The quantitative estimate of drug-likeness (QED) is 0.592. The summed E-state index contributed by atoms with van der Waals surface area (Å²) >= 11 is 0. The molecule has 0 saturated carbocycles. The Morgan fingerprint density at radius 1 is 1.21 bits per heavy atom. The van der Waals surface area contributed by atoms with Crippen molar-refractivity contribution in [1.82, 2.24) is 4.31 Å². The van der Waals surface area contributed by atoms with E-state index in [-0.39, 0.29) is 5.54 Å². The van der Waals surface area contributed by atoms with Crippen molar-refractivity contribution in [2.75, 3.05) is 6.54 Å². The van der Waals surface area contributed by atoms with Crippen molar-refractivity contribution in [3.05, 3.63) is 29.8 Å². The molecule has 3 nitrogen and oxygen atoms in total. The van der Waals surface area contributed by atoms with E-state index < -0.39 is 10.0 Å². The molecule has 1 aromatic carbocycles. The van der Waals surface area contributed by atoms with Crippen LogP contribution in [0.25, 0.3) is 0 Å². The highest BCUT2D eigenvalue weighted by Crippen LogP contribution is 2.41. The van der Waals surface area contributed by atoms with Gasteiger partial charge in [0, 0.05) is 12.1 Å². The number of unbranched alkanes of at least 4 members (excludes halogenated alkanes) is 2. The molecule has 0 aromatic heterocycles. The lowest BCUT2D eigenvalue weighted by molar-refractivity contribution is 0.476. The number of nitrogens with zero attached hydrogens (tertiary/aromatic N) is 1. The number of hydrogen-bond donors (Lipinski definition) is 0. The van der Waals surface area contributed by atoms with Crippen LogP contribution >= 0.6 is 0 Å². The number of benzene rings is 1. The fourth-order valence-corrected chi connectivity index (χ4v) is 4.30. The SMILES string of the molecule is CCCCC[C@]1(C)CN1S(=O)(=O)c1ccc(C)cc1. The Balaban J connectivity index is 2.08. The van der Waals surface area contributed by atoms with Crippen LogP contribution in [0.5, 0.6) is 0 Å². The van der Waals surface area contributed by atoms with Crippen molar-refractivity contribution in [2.24, 2.45) is 0 Å². The van der Waals surface area contributed by atoms with Crippen molar-refractivity contribution in [1.29, 1.82) is 0 Å². The highest BCUT2D eigenvalue weighted by Gasteiger charge is 2.54. The van der Waals surface area contributed by atoms with Crippen molar-refractivity contribution < 1.29 is 8.42 Å². The molecule has 4 heteroatoms. The second kappa shape index (κ2) is 5.25. The lowest BCUT2D eigenvalue weighted by Crippen LogP contribution is -2.21. The van der Waals surface area contributed by atoms with Crippen LogP contribution in [0.15, 0.2) is 29.2 Å². The minimum Gasteiger partial charge on any atom is -0.207 e. The molecule has 0 spiro atoms. The molecule has 0 radical (unpaired) electrons. The molecule has 1 heterocycles. The first-order valence-electron chi connectivity index (χ1n) is 7.00. The fourth-order valence-electron chi connectivity index (χ4n) is 2.45. The summed E-state index contributed by atoms with van der Waals surface area (Å²) in [5.74, 6) is 0. The second-order valence-corrected chi connectivity index (χ2v) is 7.64. The first kappa shape index (κ1) is 14.5. The Morgan fingerprint density at radius 3 is 2.42 bits per heavy atom. The van der Waals surface area contributed by atoms with Crippen LogP contribution in [0.2, 0.25) is 0 Å². The molecule has 2 atom stereocenters. The summed E-state index contributed by atoms with van der Waals surface area (Å²) in [5, 5.41) is 0. The number of rotatable bonds is 6. The molecule has 1 fully saturated rings. The van der Waals surface area contributed by atoms with Crippen molar-refractivity contribution in [3.63, 3.8) is 0 Å². The van der Waals surface area contributed by atoms with Gasteiger partial charge >= 0.3 is 0 Å². The Hall–Kier alpha value is -0.870. The summed E-state index contributed by atoms with van der Waals surface area (Å²) in [6.07, 6.45) is 4.41. The predicted molar refractivity (Wildman–Crippen MR) is 77.6 cm³/mol. The van der Waals surface area contributed by atoms with Crippen molar-refractivity contribution in [2.45, 2.75) is 56.9 Å². The van der Waals surface area contributed by atoms with E-state index >= 15 is 0 Å². The molecule has 1 aliphatic rings. The highest BCUT2D eigenvalue weighted by molar-refractivity contribution is 7.89. The third-order valence-electron chi connectivity index (χ3n) is 3.91. The van der Waals surface area contributed by atoms with Crippen LogP contribution in [0.4, 0.5) is 0 Å². The van der Waals surface area contributed by atoms with Crippen LogP contribution in [0.1, 0.15) is 45.1 Å². The number of sulfonamides is 1. The zero-order valence-corrected chi connectivity index (χ0v) is 12.8. The van der Waals surface area contributed by atoms with Gasteiger partial charge in [0.2, 0.25) is 10.0 Å². The Kier molecular flexibility index (Phi) is 4.02. The first-order valence-corrected chi connectivity index (χ1v) is 8.44. The maximum atomic E-state index is 12.5. The highest BCUT2D eigenvalue weighted by atomic mass is 32.2. The Morgan fingerprint density at radius 2 is 1.84 bits per heavy atom. The molecule has 0 amide bonds. The van der Waals surface area contributed by atoms with Crippen molar-refractivity contribution >= 4 is 10.0 Å².